The third-order valence-electron chi connectivity index (χ3n) is 4.86. The van der Waals surface area contributed by atoms with Crippen LogP contribution in [0.25, 0.3) is 0 Å². The summed E-state index contributed by atoms with van der Waals surface area (Å²) in [6.07, 6.45) is 6.03. The summed E-state index contributed by atoms with van der Waals surface area (Å²) in [7, 11) is 0. The fourth-order valence-electron chi connectivity index (χ4n) is 3.43. The van der Waals surface area contributed by atoms with Crippen LogP contribution in [-0.2, 0) is 0 Å². The van der Waals surface area contributed by atoms with E-state index in [1.807, 2.05) is 19.9 Å². The Bertz CT molecular complexity index is 904. The molecule has 0 atom stereocenters. The second-order valence-corrected chi connectivity index (χ2v) is 6.91. The Morgan fingerprint density at radius 2 is 1.80 bits per heavy atom. The molecule has 2 aromatic rings. The predicted molar refractivity (Wildman–Crippen MR) is 110 cm³/mol. The average molecular weight is 410 g/mol. The van der Waals surface area contributed by atoms with Crippen LogP contribution < -0.4 is 19.5 Å². The van der Waals surface area contributed by atoms with Crippen LogP contribution in [0.1, 0.15) is 55.6 Å². The average Bonchev–Trinajstić information content (AvgIpc) is 2.77. The van der Waals surface area contributed by atoms with E-state index in [9.17, 15) is 4.79 Å². The molecule has 1 N–H and O–H groups in total. The lowest BCUT2D eigenvalue weighted by molar-refractivity contribution is 0.0889. The molecule has 1 amide bonds. The third kappa shape index (κ3) is 5.38. The molecule has 0 radical (unpaired) electrons. The normalized spacial score (nSPS) is 18.2. The number of aromatic nitrogens is 2. The molecule has 8 nitrogen and oxygen atoms in total. The molecule has 1 aliphatic rings. The molecule has 3 rings (SSSR count). The van der Waals surface area contributed by atoms with Crippen molar-refractivity contribution in [1.82, 2.24) is 15.3 Å². The second kappa shape index (κ2) is 10.4. The van der Waals surface area contributed by atoms with Crippen molar-refractivity contribution in [2.45, 2.75) is 51.7 Å². The first-order valence-corrected chi connectivity index (χ1v) is 10.2. The minimum absolute atomic E-state index is 0.0445. The van der Waals surface area contributed by atoms with Gasteiger partial charge in [0.05, 0.1) is 13.2 Å². The predicted octanol–water partition coefficient (Wildman–Crippen LogP) is 3.27. The molecular formula is C22H26N4O4. The van der Waals surface area contributed by atoms with Gasteiger partial charge in [-0.25, -0.2) is 9.97 Å². The monoisotopic (exact) mass is 410 g/mol. The third-order valence-corrected chi connectivity index (χ3v) is 4.86. The number of nitriles is 1. The summed E-state index contributed by atoms with van der Waals surface area (Å²) in [5.41, 5.74) is 0.729. The van der Waals surface area contributed by atoms with Gasteiger partial charge in [-0.3, -0.25) is 4.79 Å². The van der Waals surface area contributed by atoms with Gasteiger partial charge in [-0.05, 0) is 57.7 Å². The number of benzene rings is 1. The lowest BCUT2D eigenvalue weighted by Crippen LogP contribution is -2.39. The lowest BCUT2D eigenvalue weighted by atomic mass is 9.92. The van der Waals surface area contributed by atoms with Crippen LogP contribution in [0.5, 0.6) is 17.4 Å². The van der Waals surface area contributed by atoms with Gasteiger partial charge in [-0.2, -0.15) is 5.26 Å². The Balaban J connectivity index is 1.55. The highest BCUT2D eigenvalue weighted by Gasteiger charge is 2.25. The van der Waals surface area contributed by atoms with Gasteiger partial charge in [0.1, 0.15) is 12.2 Å². The number of carbonyl (C=O) groups excluding carboxylic acids is 1. The zero-order valence-corrected chi connectivity index (χ0v) is 17.3. The van der Waals surface area contributed by atoms with E-state index in [-0.39, 0.29) is 29.6 Å². The molecule has 1 aromatic carbocycles. The molecule has 8 heteroatoms. The van der Waals surface area contributed by atoms with Gasteiger partial charge in [0.25, 0.3) is 11.8 Å². The maximum absolute atomic E-state index is 12.7. The molecule has 1 aliphatic carbocycles. The number of hydrogen-bond donors (Lipinski definition) is 1. The van der Waals surface area contributed by atoms with Crippen LogP contribution in [0.15, 0.2) is 30.6 Å². The summed E-state index contributed by atoms with van der Waals surface area (Å²) < 4.78 is 17.0. The van der Waals surface area contributed by atoms with Crippen LogP contribution in [0, 0.1) is 11.3 Å². The van der Waals surface area contributed by atoms with Crippen molar-refractivity contribution in [3.05, 3.63) is 41.9 Å². The van der Waals surface area contributed by atoms with E-state index in [1.165, 1.54) is 12.4 Å². The van der Waals surface area contributed by atoms with E-state index in [2.05, 4.69) is 15.3 Å². The molecule has 1 aromatic heterocycles. The SMILES string of the molecule is CCOc1ccc(C(=O)NC2CCC(Oc3nccnc3C#N)CC2)cc1OCC. The van der Waals surface area contributed by atoms with Crippen molar-refractivity contribution >= 4 is 5.91 Å². The summed E-state index contributed by atoms with van der Waals surface area (Å²) in [6, 6.07) is 7.28. The van der Waals surface area contributed by atoms with Crippen LogP contribution in [0.2, 0.25) is 0 Å². The van der Waals surface area contributed by atoms with E-state index < -0.39 is 0 Å². The summed E-state index contributed by atoms with van der Waals surface area (Å²) in [6.45, 7) is 4.82. The quantitative estimate of drug-likeness (QED) is 0.712. The van der Waals surface area contributed by atoms with Crippen LogP contribution in [0.4, 0.5) is 0 Å². The van der Waals surface area contributed by atoms with Crippen LogP contribution >= 0.6 is 0 Å². The minimum Gasteiger partial charge on any atom is -0.490 e. The molecule has 0 aliphatic heterocycles. The first-order chi connectivity index (χ1) is 14.6. The number of rotatable bonds is 8. The van der Waals surface area contributed by atoms with E-state index in [0.717, 1.165) is 25.7 Å². The number of nitrogens with zero attached hydrogens (tertiary/aromatic N) is 3. The summed E-state index contributed by atoms with van der Waals surface area (Å²) in [4.78, 5) is 20.8. The molecule has 158 valence electrons. The fourth-order valence-corrected chi connectivity index (χ4v) is 3.43. The van der Waals surface area contributed by atoms with Gasteiger partial charge in [0.2, 0.25) is 5.69 Å². The standard InChI is InChI=1S/C22H26N4O4/c1-3-28-19-10-5-15(13-20(19)29-4-2)21(27)26-16-6-8-17(9-7-16)30-22-18(14-23)24-11-12-25-22/h5,10-13,16-17H,3-4,6-9H2,1-2H3,(H,26,27). The number of amides is 1. The second-order valence-electron chi connectivity index (χ2n) is 6.91. The Labute approximate surface area is 176 Å². The Kier molecular flexibility index (Phi) is 7.44. The molecule has 0 spiro atoms. The summed E-state index contributed by atoms with van der Waals surface area (Å²) in [5.74, 6) is 1.34. The molecule has 0 unspecified atom stereocenters. The lowest BCUT2D eigenvalue weighted by Gasteiger charge is -2.29. The maximum Gasteiger partial charge on any atom is 0.251 e. The van der Waals surface area contributed by atoms with Crippen molar-refractivity contribution in [3.63, 3.8) is 0 Å². The van der Waals surface area contributed by atoms with Crippen molar-refractivity contribution in [3.8, 4) is 23.4 Å². The maximum atomic E-state index is 12.7. The molecule has 1 fully saturated rings. The fraction of sp³-hybridized carbons (Fsp3) is 0.455. The van der Waals surface area contributed by atoms with Crippen molar-refractivity contribution < 1.29 is 19.0 Å². The number of nitrogens with one attached hydrogen (secondary N) is 1. The van der Waals surface area contributed by atoms with Crippen LogP contribution in [0.3, 0.4) is 0 Å². The first kappa shape index (κ1) is 21.4. The highest BCUT2D eigenvalue weighted by atomic mass is 16.5. The van der Waals surface area contributed by atoms with Crippen molar-refractivity contribution in [2.75, 3.05) is 13.2 Å². The minimum atomic E-state index is -0.135. The topological polar surface area (TPSA) is 106 Å². The first-order valence-electron chi connectivity index (χ1n) is 10.2. The molecule has 30 heavy (non-hydrogen) atoms. The number of carbonyl (C=O) groups is 1. The van der Waals surface area contributed by atoms with E-state index in [1.54, 1.807) is 18.2 Å². The van der Waals surface area contributed by atoms with Crippen molar-refractivity contribution in [2.24, 2.45) is 0 Å². The van der Waals surface area contributed by atoms with Crippen molar-refractivity contribution in [1.29, 1.82) is 5.26 Å². The summed E-state index contributed by atoms with van der Waals surface area (Å²) in [5, 5.41) is 12.2. The van der Waals surface area contributed by atoms with Gasteiger partial charge in [0.15, 0.2) is 11.5 Å². The van der Waals surface area contributed by atoms with Gasteiger partial charge in [-0.15, -0.1) is 0 Å². The van der Waals surface area contributed by atoms with Gasteiger partial charge in [0, 0.05) is 24.0 Å². The van der Waals surface area contributed by atoms with Gasteiger partial charge >= 0.3 is 0 Å². The largest absolute Gasteiger partial charge is 0.490 e. The Hall–Kier alpha value is -3.34. The van der Waals surface area contributed by atoms with E-state index >= 15 is 0 Å². The van der Waals surface area contributed by atoms with E-state index in [4.69, 9.17) is 19.5 Å². The molecule has 0 bridgehead atoms. The highest BCUT2D eigenvalue weighted by Crippen LogP contribution is 2.29. The number of hydrogen-bond acceptors (Lipinski definition) is 7. The number of ether oxygens (including phenoxy) is 3. The zero-order valence-electron chi connectivity index (χ0n) is 17.3. The molecule has 1 heterocycles. The van der Waals surface area contributed by atoms with Crippen LogP contribution in [-0.4, -0.2) is 41.2 Å². The Morgan fingerprint density at radius 1 is 1.10 bits per heavy atom. The molecule has 0 saturated heterocycles. The summed E-state index contributed by atoms with van der Waals surface area (Å²) >= 11 is 0. The molecule has 1 saturated carbocycles. The van der Waals surface area contributed by atoms with Gasteiger partial charge < -0.3 is 19.5 Å². The smallest absolute Gasteiger partial charge is 0.251 e. The molecular weight excluding hydrogens is 384 g/mol. The zero-order chi connectivity index (χ0) is 21.3. The highest BCUT2D eigenvalue weighted by molar-refractivity contribution is 5.95. The van der Waals surface area contributed by atoms with Gasteiger partial charge in [-0.1, -0.05) is 0 Å². The van der Waals surface area contributed by atoms with E-state index in [0.29, 0.717) is 30.3 Å². The Morgan fingerprint density at radius 3 is 2.50 bits per heavy atom.